The fourth-order valence-electron chi connectivity index (χ4n) is 1.74. The van der Waals surface area contributed by atoms with Crippen LogP contribution in [0, 0.1) is 5.92 Å². The van der Waals surface area contributed by atoms with Gasteiger partial charge in [0, 0.05) is 6.42 Å². The van der Waals surface area contributed by atoms with Crippen molar-refractivity contribution in [1.29, 1.82) is 0 Å². The molecule has 0 aromatic carbocycles. The highest BCUT2D eigenvalue weighted by molar-refractivity contribution is 5.75. The minimum atomic E-state index is -1.01. The molecule has 1 aliphatic rings. The van der Waals surface area contributed by atoms with E-state index >= 15 is 0 Å². The van der Waals surface area contributed by atoms with E-state index in [0.29, 0.717) is 6.42 Å². The van der Waals surface area contributed by atoms with E-state index in [1.54, 1.807) is 25.2 Å². The van der Waals surface area contributed by atoms with Gasteiger partial charge in [-0.15, -0.1) is 0 Å². The number of hydrogen-bond acceptors (Lipinski definition) is 4. The Labute approximate surface area is 95.2 Å². The average Bonchev–Trinajstić information content (AvgIpc) is 2.16. The van der Waals surface area contributed by atoms with E-state index in [1.165, 1.54) is 6.08 Å². The van der Waals surface area contributed by atoms with Crippen LogP contribution in [-0.2, 0) is 9.53 Å². The summed E-state index contributed by atoms with van der Waals surface area (Å²) >= 11 is 0. The first-order valence-electron chi connectivity index (χ1n) is 5.42. The second-order valence-electron chi connectivity index (χ2n) is 3.98. The van der Waals surface area contributed by atoms with Crippen LogP contribution in [0.3, 0.4) is 0 Å². The Morgan fingerprint density at radius 1 is 1.50 bits per heavy atom. The van der Waals surface area contributed by atoms with E-state index < -0.39 is 24.1 Å². The first-order valence-corrected chi connectivity index (χ1v) is 5.42. The van der Waals surface area contributed by atoms with Crippen LogP contribution in [0.15, 0.2) is 24.3 Å². The third kappa shape index (κ3) is 3.18. The number of carbonyl (C=O) groups is 1. The summed E-state index contributed by atoms with van der Waals surface area (Å²) in [6, 6.07) is 0. The summed E-state index contributed by atoms with van der Waals surface area (Å²) in [4.78, 5) is 11.5. The van der Waals surface area contributed by atoms with Crippen LogP contribution in [-0.4, -0.2) is 34.5 Å². The lowest BCUT2D eigenvalue weighted by molar-refractivity contribution is -0.173. The molecule has 0 amide bonds. The Morgan fingerprint density at radius 2 is 2.19 bits per heavy atom. The quantitative estimate of drug-likeness (QED) is 0.551. The van der Waals surface area contributed by atoms with Crippen molar-refractivity contribution in [3.05, 3.63) is 24.3 Å². The molecule has 1 fully saturated rings. The van der Waals surface area contributed by atoms with E-state index in [4.69, 9.17) is 4.74 Å². The molecule has 0 aliphatic carbocycles. The summed E-state index contributed by atoms with van der Waals surface area (Å²) in [7, 11) is 0. The molecule has 0 radical (unpaired) electrons. The monoisotopic (exact) mass is 226 g/mol. The van der Waals surface area contributed by atoms with Crippen molar-refractivity contribution < 1.29 is 19.7 Å². The Morgan fingerprint density at radius 3 is 2.75 bits per heavy atom. The van der Waals surface area contributed by atoms with Crippen molar-refractivity contribution in [3.63, 3.8) is 0 Å². The van der Waals surface area contributed by atoms with Crippen LogP contribution >= 0.6 is 0 Å². The van der Waals surface area contributed by atoms with Gasteiger partial charge in [-0.05, 0) is 13.8 Å². The normalized spacial score (nSPS) is 33.2. The van der Waals surface area contributed by atoms with E-state index in [2.05, 4.69) is 0 Å². The van der Waals surface area contributed by atoms with Gasteiger partial charge < -0.3 is 14.9 Å². The molecule has 16 heavy (non-hydrogen) atoms. The van der Waals surface area contributed by atoms with Gasteiger partial charge in [0.2, 0.25) is 0 Å². The highest BCUT2D eigenvalue weighted by Gasteiger charge is 2.39. The molecule has 0 saturated carbocycles. The van der Waals surface area contributed by atoms with Gasteiger partial charge in [-0.1, -0.05) is 24.3 Å². The molecule has 90 valence electrons. The number of aliphatic hydroxyl groups is 2. The Bertz CT molecular complexity index is 295. The molecule has 0 spiro atoms. The first-order chi connectivity index (χ1) is 7.56. The first kappa shape index (κ1) is 12.9. The second-order valence-corrected chi connectivity index (χ2v) is 3.98. The smallest absolute Gasteiger partial charge is 0.314 e. The van der Waals surface area contributed by atoms with Gasteiger partial charge >= 0.3 is 5.97 Å². The molecule has 0 unspecified atom stereocenters. The average molecular weight is 226 g/mol. The number of esters is 1. The van der Waals surface area contributed by atoms with Crippen LogP contribution in [0.5, 0.6) is 0 Å². The van der Waals surface area contributed by atoms with E-state index in [-0.39, 0.29) is 6.10 Å². The van der Waals surface area contributed by atoms with Crippen molar-refractivity contribution in [1.82, 2.24) is 0 Å². The van der Waals surface area contributed by atoms with Gasteiger partial charge in [0.25, 0.3) is 0 Å². The molecule has 0 bridgehead atoms. The summed E-state index contributed by atoms with van der Waals surface area (Å²) in [5.41, 5.74) is 0. The molecule has 1 heterocycles. The second kappa shape index (κ2) is 5.82. The third-order valence-corrected chi connectivity index (χ3v) is 2.56. The molecule has 0 aromatic heterocycles. The zero-order valence-electron chi connectivity index (χ0n) is 9.54. The summed E-state index contributed by atoms with van der Waals surface area (Å²) in [5.74, 6) is -1.42. The maximum Gasteiger partial charge on any atom is 0.314 e. The molecule has 4 atom stereocenters. The van der Waals surface area contributed by atoms with Crippen molar-refractivity contribution in [2.45, 2.75) is 38.6 Å². The van der Waals surface area contributed by atoms with Crippen molar-refractivity contribution in [3.8, 4) is 0 Å². The lowest BCUT2D eigenvalue weighted by Crippen LogP contribution is -2.45. The highest BCUT2D eigenvalue weighted by Crippen LogP contribution is 2.24. The van der Waals surface area contributed by atoms with Gasteiger partial charge in [0.05, 0.1) is 12.2 Å². The Kier molecular flexibility index (Phi) is 4.71. The SMILES string of the molecule is C/C=C/C=C/[C@@H](O)[C@H]1C(=O)O[C@H](C)C[C@@H]1O. The molecular weight excluding hydrogens is 208 g/mol. The van der Waals surface area contributed by atoms with Crippen LogP contribution in [0.2, 0.25) is 0 Å². The molecule has 1 aliphatic heterocycles. The predicted molar refractivity (Wildman–Crippen MR) is 59.6 cm³/mol. The van der Waals surface area contributed by atoms with E-state index in [9.17, 15) is 15.0 Å². The minimum Gasteiger partial charge on any atom is -0.462 e. The summed E-state index contributed by atoms with van der Waals surface area (Å²) in [6.45, 7) is 3.57. The molecule has 4 nitrogen and oxygen atoms in total. The van der Waals surface area contributed by atoms with Crippen LogP contribution in [0.1, 0.15) is 20.3 Å². The zero-order valence-corrected chi connectivity index (χ0v) is 9.54. The number of aliphatic hydroxyl groups excluding tert-OH is 2. The number of carbonyl (C=O) groups excluding carboxylic acids is 1. The summed E-state index contributed by atoms with van der Waals surface area (Å²) in [6.07, 6.45) is 4.89. The topological polar surface area (TPSA) is 66.8 Å². The Hall–Kier alpha value is -1.13. The minimum absolute atomic E-state index is 0.287. The predicted octanol–water partition coefficient (Wildman–Crippen LogP) is 0.792. The largest absolute Gasteiger partial charge is 0.462 e. The van der Waals surface area contributed by atoms with Gasteiger partial charge in [-0.3, -0.25) is 4.79 Å². The summed E-state index contributed by atoms with van der Waals surface area (Å²) < 4.78 is 4.99. The molecule has 2 N–H and O–H groups in total. The van der Waals surface area contributed by atoms with Crippen molar-refractivity contribution in [2.24, 2.45) is 5.92 Å². The van der Waals surface area contributed by atoms with Crippen LogP contribution in [0.4, 0.5) is 0 Å². The fraction of sp³-hybridized carbons (Fsp3) is 0.583. The summed E-state index contributed by atoms with van der Waals surface area (Å²) in [5, 5.41) is 19.5. The lowest BCUT2D eigenvalue weighted by atomic mass is 9.89. The lowest BCUT2D eigenvalue weighted by Gasteiger charge is -2.32. The molecule has 0 aromatic rings. The van der Waals surface area contributed by atoms with Gasteiger partial charge in [0.1, 0.15) is 12.0 Å². The standard InChI is InChI=1S/C12H18O4/c1-3-4-5-6-9(13)11-10(14)7-8(2)16-12(11)15/h3-6,8-11,13-14H,7H2,1-2H3/b4-3+,6-5+/t8-,9-,10+,11-/m1/s1. The van der Waals surface area contributed by atoms with Crippen LogP contribution in [0.25, 0.3) is 0 Å². The number of hydrogen-bond donors (Lipinski definition) is 2. The third-order valence-electron chi connectivity index (χ3n) is 2.56. The van der Waals surface area contributed by atoms with Gasteiger partial charge in [-0.2, -0.15) is 0 Å². The number of ether oxygens (including phenoxy) is 1. The molecular formula is C12H18O4. The number of rotatable bonds is 3. The maximum atomic E-state index is 11.5. The molecule has 1 rings (SSSR count). The van der Waals surface area contributed by atoms with Gasteiger partial charge in [-0.25, -0.2) is 0 Å². The zero-order chi connectivity index (χ0) is 12.1. The number of allylic oxidation sites excluding steroid dienone is 3. The van der Waals surface area contributed by atoms with Crippen molar-refractivity contribution in [2.75, 3.05) is 0 Å². The van der Waals surface area contributed by atoms with Crippen LogP contribution < -0.4 is 0 Å². The molecule has 1 saturated heterocycles. The van der Waals surface area contributed by atoms with Crippen molar-refractivity contribution >= 4 is 5.97 Å². The Balaban J connectivity index is 2.67. The fourth-order valence-corrected chi connectivity index (χ4v) is 1.74. The maximum absolute atomic E-state index is 11.5. The van der Waals surface area contributed by atoms with Gasteiger partial charge in [0.15, 0.2) is 0 Å². The highest BCUT2D eigenvalue weighted by atomic mass is 16.5. The molecule has 4 heteroatoms. The van der Waals surface area contributed by atoms with E-state index in [0.717, 1.165) is 0 Å². The number of cyclic esters (lactones) is 1. The van der Waals surface area contributed by atoms with E-state index in [1.807, 2.05) is 6.92 Å².